The molecule has 0 aliphatic carbocycles. The average Bonchev–Trinajstić information content (AvgIpc) is 2.80. The van der Waals surface area contributed by atoms with Crippen molar-refractivity contribution in [1.82, 2.24) is 15.3 Å². The minimum absolute atomic E-state index is 0.0904. The maximum Gasteiger partial charge on any atom is 0.255 e. The number of anilines is 2. The van der Waals surface area contributed by atoms with Gasteiger partial charge in [-0.1, -0.05) is 11.6 Å². The fourth-order valence-electron chi connectivity index (χ4n) is 3.16. The number of carbonyl (C=O) groups excluding carboxylic acids is 1. The lowest BCUT2D eigenvalue weighted by Gasteiger charge is -2.18. The molecule has 33 heavy (non-hydrogen) atoms. The quantitative estimate of drug-likeness (QED) is 0.428. The Morgan fingerprint density at radius 2 is 2.00 bits per heavy atom. The Morgan fingerprint density at radius 3 is 2.73 bits per heavy atom. The lowest BCUT2D eigenvalue weighted by Crippen LogP contribution is -2.31. The largest absolute Gasteiger partial charge is 0.392 e. The zero-order valence-electron chi connectivity index (χ0n) is 18.6. The molecule has 0 bridgehead atoms. The van der Waals surface area contributed by atoms with Crippen LogP contribution >= 0.6 is 11.6 Å². The Labute approximate surface area is 197 Å². The van der Waals surface area contributed by atoms with Gasteiger partial charge in [-0.3, -0.25) is 14.8 Å². The van der Waals surface area contributed by atoms with Crippen LogP contribution in [0.5, 0.6) is 0 Å². The van der Waals surface area contributed by atoms with Crippen molar-refractivity contribution in [3.05, 3.63) is 70.9 Å². The number of aliphatic hydroxyl groups excluding tert-OH is 1. The van der Waals surface area contributed by atoms with Gasteiger partial charge in [-0.15, -0.1) is 0 Å². The molecule has 7 nitrogen and oxygen atoms in total. The number of nitrogens with one attached hydrogen (secondary N) is 2. The van der Waals surface area contributed by atoms with Crippen LogP contribution in [0, 0.1) is 5.82 Å². The lowest BCUT2D eigenvalue weighted by atomic mass is 10.0. The Bertz CT molecular complexity index is 1130. The zero-order chi connectivity index (χ0) is 24.0. The molecule has 2 atom stereocenters. The molecule has 1 amide bonds. The van der Waals surface area contributed by atoms with Crippen molar-refractivity contribution in [2.75, 3.05) is 19.0 Å². The van der Waals surface area contributed by atoms with Crippen LogP contribution in [0.2, 0.25) is 5.02 Å². The van der Waals surface area contributed by atoms with Crippen LogP contribution < -0.4 is 10.6 Å². The number of methoxy groups -OCH3 is 1. The maximum atomic E-state index is 14.5. The Balaban J connectivity index is 2.02. The van der Waals surface area contributed by atoms with Crippen LogP contribution in [-0.2, 0) is 11.2 Å². The summed E-state index contributed by atoms with van der Waals surface area (Å²) in [5.74, 6) is -0.827. The summed E-state index contributed by atoms with van der Waals surface area (Å²) in [6.07, 6.45) is 4.42. The van der Waals surface area contributed by atoms with Gasteiger partial charge < -0.3 is 20.5 Å². The highest BCUT2D eigenvalue weighted by Crippen LogP contribution is 2.31. The van der Waals surface area contributed by atoms with E-state index in [4.69, 9.17) is 16.3 Å². The molecule has 0 spiro atoms. The van der Waals surface area contributed by atoms with Gasteiger partial charge in [0.25, 0.3) is 5.91 Å². The predicted molar refractivity (Wildman–Crippen MR) is 126 cm³/mol. The van der Waals surface area contributed by atoms with Crippen molar-refractivity contribution < 1.29 is 19.0 Å². The number of rotatable bonds is 9. The number of hydrogen-bond donors (Lipinski definition) is 3. The van der Waals surface area contributed by atoms with Crippen LogP contribution in [-0.4, -0.2) is 46.8 Å². The Kier molecular flexibility index (Phi) is 8.32. The van der Waals surface area contributed by atoms with Crippen LogP contribution in [0.25, 0.3) is 11.3 Å². The monoisotopic (exact) mass is 472 g/mol. The molecule has 2 unspecified atom stereocenters. The van der Waals surface area contributed by atoms with Gasteiger partial charge >= 0.3 is 0 Å². The number of hydrogen-bond acceptors (Lipinski definition) is 6. The van der Waals surface area contributed by atoms with E-state index in [0.717, 1.165) is 5.56 Å². The highest BCUT2D eigenvalue weighted by molar-refractivity contribution is 6.30. The standard InChI is InChI=1S/C24H26ClFN4O3/c1-14(31)11-29-24(32)19-13-27-7-6-21(19)30-22-10-23(18-9-17(25)4-5-20(18)26)28-12-16(22)8-15(2)33-3/h4-7,9-10,12-15,31H,8,11H2,1-3H3,(H,29,32)(H,27,28,30). The highest BCUT2D eigenvalue weighted by atomic mass is 35.5. The van der Waals surface area contributed by atoms with E-state index in [1.807, 2.05) is 6.92 Å². The normalized spacial score (nSPS) is 12.8. The first-order chi connectivity index (χ1) is 15.8. The average molecular weight is 473 g/mol. The number of aliphatic hydroxyl groups is 1. The third-order valence-corrected chi connectivity index (χ3v) is 5.23. The second-order valence-corrected chi connectivity index (χ2v) is 8.14. The van der Waals surface area contributed by atoms with E-state index in [1.165, 1.54) is 24.4 Å². The SMILES string of the molecule is COC(C)Cc1cnc(-c2cc(Cl)ccc2F)cc1Nc1ccncc1C(=O)NCC(C)O. The van der Waals surface area contributed by atoms with Gasteiger partial charge in [-0.25, -0.2) is 4.39 Å². The van der Waals surface area contributed by atoms with Crippen LogP contribution in [0.4, 0.5) is 15.8 Å². The number of ether oxygens (including phenoxy) is 1. The molecule has 9 heteroatoms. The fourth-order valence-corrected chi connectivity index (χ4v) is 3.33. The van der Waals surface area contributed by atoms with Crippen molar-refractivity contribution >= 4 is 28.9 Å². The molecule has 0 fully saturated rings. The molecular weight excluding hydrogens is 447 g/mol. The molecule has 0 saturated carbocycles. The highest BCUT2D eigenvalue weighted by Gasteiger charge is 2.17. The van der Waals surface area contributed by atoms with Crippen molar-refractivity contribution in [2.24, 2.45) is 0 Å². The molecule has 174 valence electrons. The first-order valence-electron chi connectivity index (χ1n) is 10.4. The lowest BCUT2D eigenvalue weighted by molar-refractivity contribution is 0.0924. The van der Waals surface area contributed by atoms with Crippen molar-refractivity contribution in [1.29, 1.82) is 0 Å². The number of halogens is 2. The number of pyridine rings is 2. The van der Waals surface area contributed by atoms with E-state index in [-0.39, 0.29) is 24.1 Å². The second kappa shape index (κ2) is 11.2. The Hall–Kier alpha value is -3.07. The van der Waals surface area contributed by atoms with Gasteiger partial charge in [0.2, 0.25) is 0 Å². The first-order valence-corrected chi connectivity index (χ1v) is 10.8. The smallest absolute Gasteiger partial charge is 0.255 e. The molecular formula is C24H26ClFN4O3. The van der Waals surface area contributed by atoms with Gasteiger partial charge in [0.05, 0.1) is 29.2 Å². The van der Waals surface area contributed by atoms with Gasteiger partial charge in [-0.2, -0.15) is 0 Å². The maximum absolute atomic E-state index is 14.5. The molecule has 3 rings (SSSR count). The molecule has 2 aromatic heterocycles. The summed E-state index contributed by atoms with van der Waals surface area (Å²) in [5.41, 5.74) is 2.92. The molecule has 3 N–H and O–H groups in total. The summed E-state index contributed by atoms with van der Waals surface area (Å²) in [7, 11) is 1.62. The summed E-state index contributed by atoms with van der Waals surface area (Å²) in [5, 5.41) is 15.8. The minimum atomic E-state index is -0.681. The van der Waals surface area contributed by atoms with E-state index >= 15 is 0 Å². The minimum Gasteiger partial charge on any atom is -0.392 e. The van der Waals surface area contributed by atoms with Gasteiger partial charge in [0.15, 0.2) is 0 Å². The summed E-state index contributed by atoms with van der Waals surface area (Å²) in [6.45, 7) is 3.62. The number of benzene rings is 1. The Morgan fingerprint density at radius 1 is 1.21 bits per heavy atom. The number of carbonyl (C=O) groups is 1. The number of nitrogens with zero attached hydrogens (tertiary/aromatic N) is 2. The van der Waals surface area contributed by atoms with Gasteiger partial charge in [0.1, 0.15) is 5.82 Å². The molecule has 0 radical (unpaired) electrons. The van der Waals surface area contributed by atoms with Crippen molar-refractivity contribution in [2.45, 2.75) is 32.5 Å². The zero-order valence-corrected chi connectivity index (χ0v) is 19.4. The molecule has 3 aromatic rings. The van der Waals surface area contributed by atoms with E-state index < -0.39 is 11.9 Å². The van der Waals surface area contributed by atoms with E-state index in [0.29, 0.717) is 34.1 Å². The van der Waals surface area contributed by atoms with Crippen molar-refractivity contribution in [3.8, 4) is 11.3 Å². The van der Waals surface area contributed by atoms with Crippen molar-refractivity contribution in [3.63, 3.8) is 0 Å². The summed E-state index contributed by atoms with van der Waals surface area (Å²) in [6, 6.07) is 7.66. The first kappa shape index (κ1) is 24.6. The van der Waals surface area contributed by atoms with Crippen LogP contribution in [0.15, 0.2) is 48.9 Å². The van der Waals surface area contributed by atoms with Gasteiger partial charge in [-0.05, 0) is 49.7 Å². The number of amides is 1. The van der Waals surface area contributed by atoms with E-state index in [9.17, 15) is 14.3 Å². The molecule has 0 aliphatic rings. The van der Waals surface area contributed by atoms with E-state index in [1.54, 1.807) is 38.6 Å². The number of aromatic nitrogens is 2. The third kappa shape index (κ3) is 6.47. The van der Waals surface area contributed by atoms with Gasteiger partial charge in [0, 0.05) is 54.9 Å². The summed E-state index contributed by atoms with van der Waals surface area (Å²) < 4.78 is 19.9. The van der Waals surface area contributed by atoms with Crippen LogP contribution in [0.1, 0.15) is 29.8 Å². The summed E-state index contributed by atoms with van der Waals surface area (Å²) >= 11 is 6.07. The topological polar surface area (TPSA) is 96.4 Å². The predicted octanol–water partition coefficient (Wildman–Crippen LogP) is 4.37. The fraction of sp³-hybridized carbons (Fsp3) is 0.292. The molecule has 0 aliphatic heterocycles. The summed E-state index contributed by atoms with van der Waals surface area (Å²) in [4.78, 5) is 21.1. The second-order valence-electron chi connectivity index (χ2n) is 7.71. The van der Waals surface area contributed by atoms with Crippen LogP contribution in [0.3, 0.4) is 0 Å². The van der Waals surface area contributed by atoms with E-state index in [2.05, 4.69) is 20.6 Å². The third-order valence-electron chi connectivity index (χ3n) is 4.99. The molecule has 0 saturated heterocycles. The molecule has 2 heterocycles. The molecule has 1 aromatic carbocycles.